The third-order valence-corrected chi connectivity index (χ3v) is 8.83. The average Bonchev–Trinajstić information content (AvgIpc) is 3.63. The minimum Gasteiger partial charge on any atom is -0.465 e. The Morgan fingerprint density at radius 3 is 1.42 bits per heavy atom. The molecule has 0 spiro atoms. The van der Waals surface area contributed by atoms with E-state index in [1.165, 1.54) is 31.1 Å². The quantitative estimate of drug-likeness (QED) is 0.168. The van der Waals surface area contributed by atoms with Crippen molar-refractivity contribution < 1.29 is 19.1 Å². The van der Waals surface area contributed by atoms with Crippen molar-refractivity contribution in [1.29, 1.82) is 0 Å². The highest BCUT2D eigenvalue weighted by molar-refractivity contribution is 7.80. The van der Waals surface area contributed by atoms with Crippen LogP contribution in [-0.2, 0) is 9.47 Å². The lowest BCUT2D eigenvalue weighted by Crippen LogP contribution is -2.09. The molecule has 0 radical (unpaired) electrons. The molecule has 0 N–H and O–H groups in total. The molecular weight excluding hydrogens is 533 g/mol. The Kier molecular flexibility index (Phi) is 7.51. The van der Waals surface area contributed by atoms with Crippen LogP contribution in [-0.4, -0.2) is 26.2 Å². The molecule has 0 aliphatic carbocycles. The molecule has 190 valence electrons. The standard InChI is InChI=1S/C31H24O4S3/c1-18-4-6-19(7-5-18)26-12-14-28(37-26)22-16-25(31(33)35-3)23(17-24(22)30(32)34-2)29-15-13-27(38-29)20-8-10-21(36)11-9-20/h4-17,36H,1-3H3. The summed E-state index contributed by atoms with van der Waals surface area (Å²) in [5, 5.41) is 0. The van der Waals surface area contributed by atoms with Gasteiger partial charge in [0.25, 0.3) is 0 Å². The topological polar surface area (TPSA) is 52.6 Å². The van der Waals surface area contributed by atoms with Crippen molar-refractivity contribution in [2.75, 3.05) is 14.2 Å². The van der Waals surface area contributed by atoms with Crippen molar-refractivity contribution in [1.82, 2.24) is 0 Å². The second-order valence-corrected chi connectivity index (χ2v) is 11.4. The maximum atomic E-state index is 13.0. The molecule has 2 heterocycles. The maximum absolute atomic E-state index is 13.0. The largest absolute Gasteiger partial charge is 0.465 e. The molecule has 2 aromatic heterocycles. The molecule has 38 heavy (non-hydrogen) atoms. The highest BCUT2D eigenvalue weighted by Gasteiger charge is 2.24. The zero-order chi connectivity index (χ0) is 26.8. The van der Waals surface area contributed by atoms with Crippen LogP contribution in [0.1, 0.15) is 26.3 Å². The van der Waals surface area contributed by atoms with Gasteiger partial charge in [-0.3, -0.25) is 0 Å². The second kappa shape index (κ2) is 11.0. The Bertz CT molecular complexity index is 1500. The fourth-order valence-corrected chi connectivity index (χ4v) is 6.42. The fourth-order valence-electron chi connectivity index (χ4n) is 4.18. The van der Waals surface area contributed by atoms with Gasteiger partial charge in [0, 0.05) is 35.5 Å². The third-order valence-electron chi connectivity index (χ3n) is 6.20. The lowest BCUT2D eigenvalue weighted by atomic mass is 9.96. The summed E-state index contributed by atoms with van der Waals surface area (Å²) < 4.78 is 10.3. The number of benzene rings is 3. The predicted molar refractivity (Wildman–Crippen MR) is 159 cm³/mol. The molecule has 0 fully saturated rings. The molecule has 0 unspecified atom stereocenters. The Hall–Kier alpha value is -3.65. The van der Waals surface area contributed by atoms with Crippen LogP contribution in [0.3, 0.4) is 0 Å². The summed E-state index contributed by atoms with van der Waals surface area (Å²) in [7, 11) is 2.72. The van der Waals surface area contributed by atoms with E-state index in [-0.39, 0.29) is 0 Å². The highest BCUT2D eigenvalue weighted by atomic mass is 32.1. The van der Waals surface area contributed by atoms with Gasteiger partial charge in [-0.1, -0.05) is 42.0 Å². The zero-order valence-electron chi connectivity index (χ0n) is 21.0. The first-order valence-corrected chi connectivity index (χ1v) is 13.9. The van der Waals surface area contributed by atoms with Gasteiger partial charge in [0.1, 0.15) is 0 Å². The lowest BCUT2D eigenvalue weighted by molar-refractivity contribution is 0.0588. The summed E-state index contributed by atoms with van der Waals surface area (Å²) in [5.41, 5.74) is 5.36. The summed E-state index contributed by atoms with van der Waals surface area (Å²) in [5.74, 6) is -0.938. The average molecular weight is 557 g/mol. The fraction of sp³-hybridized carbons (Fsp3) is 0.0968. The van der Waals surface area contributed by atoms with Crippen LogP contribution >= 0.6 is 35.3 Å². The molecule has 0 aliphatic heterocycles. The lowest BCUT2D eigenvalue weighted by Gasteiger charge is -2.13. The normalized spacial score (nSPS) is 10.8. The zero-order valence-corrected chi connectivity index (χ0v) is 23.5. The van der Waals surface area contributed by atoms with Gasteiger partial charge in [0.15, 0.2) is 0 Å². The van der Waals surface area contributed by atoms with E-state index in [2.05, 4.69) is 43.8 Å². The first kappa shape index (κ1) is 26.0. The predicted octanol–water partition coefficient (Wildman–Crippen LogP) is 8.65. The van der Waals surface area contributed by atoms with Crippen molar-refractivity contribution in [2.45, 2.75) is 11.8 Å². The molecule has 5 aromatic rings. The Morgan fingerprint density at radius 2 is 1.00 bits per heavy atom. The number of ether oxygens (including phenoxy) is 2. The van der Waals surface area contributed by atoms with Crippen LogP contribution in [0.4, 0.5) is 0 Å². The van der Waals surface area contributed by atoms with Gasteiger partial charge >= 0.3 is 11.9 Å². The second-order valence-electron chi connectivity index (χ2n) is 8.67. The Balaban J connectivity index is 1.64. The molecular formula is C31H24O4S3. The molecule has 7 heteroatoms. The van der Waals surface area contributed by atoms with Crippen molar-refractivity contribution in [3.8, 4) is 41.8 Å². The molecule has 0 saturated carbocycles. The monoisotopic (exact) mass is 556 g/mol. The SMILES string of the molecule is COC(=O)c1cc(-c2ccc(-c3ccc(S)cc3)s2)c(C(=O)OC)cc1-c1ccc(-c2ccc(C)cc2)s1. The maximum Gasteiger partial charge on any atom is 0.338 e. The highest BCUT2D eigenvalue weighted by Crippen LogP contribution is 2.42. The third kappa shape index (κ3) is 5.18. The Morgan fingerprint density at radius 1 is 0.605 bits per heavy atom. The molecule has 4 nitrogen and oxygen atoms in total. The minimum absolute atomic E-state index is 0.388. The first-order valence-electron chi connectivity index (χ1n) is 11.8. The number of hydrogen-bond donors (Lipinski definition) is 1. The number of esters is 2. The van der Waals surface area contributed by atoms with Crippen molar-refractivity contribution >= 4 is 47.2 Å². The summed E-state index contributed by atoms with van der Waals surface area (Å²) >= 11 is 7.46. The Labute approximate surface area is 234 Å². The number of carbonyl (C=O) groups excluding carboxylic acids is 2. The van der Waals surface area contributed by atoms with Crippen LogP contribution in [0.5, 0.6) is 0 Å². The smallest absolute Gasteiger partial charge is 0.338 e. The molecule has 0 atom stereocenters. The number of methoxy groups -OCH3 is 2. The van der Waals surface area contributed by atoms with E-state index in [0.29, 0.717) is 22.3 Å². The first-order chi connectivity index (χ1) is 18.4. The number of thiol groups is 1. The summed E-state index contributed by atoms with van der Waals surface area (Å²) in [6, 6.07) is 27.6. The van der Waals surface area contributed by atoms with Crippen LogP contribution in [0.25, 0.3) is 41.8 Å². The van der Waals surface area contributed by atoms with E-state index in [1.54, 1.807) is 23.5 Å². The van der Waals surface area contributed by atoms with Gasteiger partial charge < -0.3 is 9.47 Å². The number of thiophene rings is 2. The van der Waals surface area contributed by atoms with Gasteiger partial charge in [-0.05, 0) is 66.6 Å². The van der Waals surface area contributed by atoms with Crippen molar-refractivity contribution in [3.05, 3.63) is 102 Å². The number of aryl methyl sites for hydroxylation is 1. The molecule has 0 bridgehead atoms. The van der Waals surface area contributed by atoms with Crippen molar-refractivity contribution in [2.24, 2.45) is 0 Å². The van der Waals surface area contributed by atoms with Crippen LogP contribution in [0.2, 0.25) is 0 Å². The van der Waals surface area contributed by atoms with E-state index < -0.39 is 11.9 Å². The summed E-state index contributed by atoms with van der Waals surface area (Å²) in [4.78, 5) is 30.6. The molecule has 5 rings (SSSR count). The van der Waals surface area contributed by atoms with Crippen LogP contribution in [0, 0.1) is 6.92 Å². The van der Waals surface area contributed by atoms with E-state index in [0.717, 1.165) is 35.5 Å². The summed E-state index contributed by atoms with van der Waals surface area (Å²) in [6.45, 7) is 2.05. The van der Waals surface area contributed by atoms with E-state index in [1.807, 2.05) is 48.5 Å². The molecule has 0 amide bonds. The van der Waals surface area contributed by atoms with Gasteiger partial charge in [0.2, 0.25) is 0 Å². The van der Waals surface area contributed by atoms with Crippen LogP contribution in [0.15, 0.2) is 89.8 Å². The molecule has 3 aromatic carbocycles. The van der Waals surface area contributed by atoms with Crippen LogP contribution < -0.4 is 0 Å². The van der Waals surface area contributed by atoms with Gasteiger partial charge in [-0.2, -0.15) is 0 Å². The molecule has 0 aliphatic rings. The number of hydrogen-bond acceptors (Lipinski definition) is 7. The number of carbonyl (C=O) groups is 2. The van der Waals surface area contributed by atoms with E-state index in [9.17, 15) is 9.59 Å². The van der Waals surface area contributed by atoms with Gasteiger partial charge in [-0.25, -0.2) is 9.59 Å². The minimum atomic E-state index is -0.470. The van der Waals surface area contributed by atoms with Gasteiger partial charge in [-0.15, -0.1) is 35.3 Å². The summed E-state index contributed by atoms with van der Waals surface area (Å²) in [6.07, 6.45) is 0. The molecule has 0 saturated heterocycles. The van der Waals surface area contributed by atoms with Crippen molar-refractivity contribution in [3.63, 3.8) is 0 Å². The van der Waals surface area contributed by atoms with E-state index >= 15 is 0 Å². The van der Waals surface area contributed by atoms with E-state index in [4.69, 9.17) is 9.47 Å². The number of rotatable bonds is 6. The van der Waals surface area contributed by atoms with Gasteiger partial charge in [0.05, 0.1) is 25.3 Å².